The van der Waals surface area contributed by atoms with Gasteiger partial charge in [0.25, 0.3) is 0 Å². The molecular formula is C8H17N5. The summed E-state index contributed by atoms with van der Waals surface area (Å²) in [6.07, 6.45) is 2.79. The molecule has 1 unspecified atom stereocenters. The van der Waals surface area contributed by atoms with Crippen LogP contribution in [-0.4, -0.2) is 20.8 Å². The molecular weight excluding hydrogens is 166 g/mol. The number of aryl methyl sites for hydroxylation is 1. The highest BCUT2D eigenvalue weighted by atomic mass is 15.4. The zero-order chi connectivity index (χ0) is 9.84. The average Bonchev–Trinajstić information content (AvgIpc) is 2.31. The largest absolute Gasteiger partial charge is 0.368 e. The number of anilines is 1. The highest BCUT2D eigenvalue weighted by molar-refractivity contribution is 5.15. The van der Waals surface area contributed by atoms with Crippen LogP contribution < -0.4 is 11.5 Å². The fourth-order valence-corrected chi connectivity index (χ4v) is 1.25. The summed E-state index contributed by atoms with van der Waals surface area (Å²) in [4.78, 5) is 4.08. The van der Waals surface area contributed by atoms with E-state index in [2.05, 4.69) is 17.0 Å². The first-order valence-corrected chi connectivity index (χ1v) is 4.54. The van der Waals surface area contributed by atoms with Crippen LogP contribution in [0.15, 0.2) is 0 Å². The zero-order valence-electron chi connectivity index (χ0n) is 8.20. The van der Waals surface area contributed by atoms with Crippen molar-refractivity contribution in [2.75, 3.05) is 5.73 Å². The van der Waals surface area contributed by atoms with E-state index in [4.69, 9.17) is 11.5 Å². The second-order valence-electron chi connectivity index (χ2n) is 3.26. The number of nitrogens with zero attached hydrogens (tertiary/aromatic N) is 3. The third-order valence-electron chi connectivity index (χ3n) is 1.94. The molecule has 1 aromatic rings. The van der Waals surface area contributed by atoms with E-state index in [1.807, 2.05) is 0 Å². The van der Waals surface area contributed by atoms with Crippen LogP contribution in [0.4, 0.5) is 5.95 Å². The first-order valence-electron chi connectivity index (χ1n) is 4.54. The van der Waals surface area contributed by atoms with Crippen molar-refractivity contribution in [2.45, 2.75) is 32.2 Å². The van der Waals surface area contributed by atoms with Crippen LogP contribution in [0.25, 0.3) is 0 Å². The molecule has 0 saturated carbocycles. The summed E-state index contributed by atoms with van der Waals surface area (Å²) in [6, 6.07) is 0.145. The number of nitrogens with two attached hydrogens (primary N) is 2. The van der Waals surface area contributed by atoms with Gasteiger partial charge in [-0.15, -0.1) is 0 Å². The molecule has 0 aromatic carbocycles. The van der Waals surface area contributed by atoms with Gasteiger partial charge in [0.15, 0.2) is 5.82 Å². The molecule has 0 aliphatic heterocycles. The minimum Gasteiger partial charge on any atom is -0.368 e. The maximum absolute atomic E-state index is 5.85. The zero-order valence-corrected chi connectivity index (χ0v) is 8.20. The van der Waals surface area contributed by atoms with Gasteiger partial charge in [0.1, 0.15) is 0 Å². The number of aromatic nitrogens is 3. The lowest BCUT2D eigenvalue weighted by Gasteiger charge is -2.05. The first-order chi connectivity index (χ1) is 6.13. The Morgan fingerprint density at radius 3 is 2.69 bits per heavy atom. The molecule has 0 aliphatic carbocycles. The van der Waals surface area contributed by atoms with Crippen LogP contribution in [0.3, 0.4) is 0 Å². The lowest BCUT2D eigenvalue weighted by atomic mass is 10.1. The summed E-state index contributed by atoms with van der Waals surface area (Å²) in [5, 5.41) is 4.13. The van der Waals surface area contributed by atoms with E-state index >= 15 is 0 Å². The molecule has 0 saturated heterocycles. The lowest BCUT2D eigenvalue weighted by Crippen LogP contribution is -2.23. The van der Waals surface area contributed by atoms with Crippen molar-refractivity contribution in [3.63, 3.8) is 0 Å². The molecule has 1 rings (SSSR count). The summed E-state index contributed by atoms with van der Waals surface area (Å²) in [5.74, 6) is 1.18. The molecule has 5 nitrogen and oxygen atoms in total. The second-order valence-corrected chi connectivity index (χ2v) is 3.26. The Kier molecular flexibility index (Phi) is 3.25. The van der Waals surface area contributed by atoms with Gasteiger partial charge < -0.3 is 11.5 Å². The molecule has 4 N–H and O–H groups in total. The van der Waals surface area contributed by atoms with E-state index in [1.165, 1.54) is 0 Å². The number of hydrogen-bond acceptors (Lipinski definition) is 4. The predicted octanol–water partition coefficient (Wildman–Crippen LogP) is 0.0672. The van der Waals surface area contributed by atoms with Gasteiger partial charge in [0, 0.05) is 19.5 Å². The Hall–Kier alpha value is -1.10. The molecule has 0 spiro atoms. The van der Waals surface area contributed by atoms with Gasteiger partial charge in [-0.05, 0) is 6.42 Å². The van der Waals surface area contributed by atoms with Gasteiger partial charge >= 0.3 is 0 Å². The Balaban J connectivity index is 2.53. The molecule has 5 heteroatoms. The van der Waals surface area contributed by atoms with Crippen LogP contribution in [0.2, 0.25) is 0 Å². The van der Waals surface area contributed by atoms with Crippen molar-refractivity contribution in [1.29, 1.82) is 0 Å². The highest BCUT2D eigenvalue weighted by Crippen LogP contribution is 2.03. The van der Waals surface area contributed by atoms with E-state index in [1.54, 1.807) is 11.7 Å². The molecule has 0 amide bonds. The van der Waals surface area contributed by atoms with Crippen LogP contribution >= 0.6 is 0 Å². The molecule has 1 heterocycles. The smallest absolute Gasteiger partial charge is 0.218 e. The van der Waals surface area contributed by atoms with Crippen LogP contribution in [0.1, 0.15) is 25.6 Å². The summed E-state index contributed by atoms with van der Waals surface area (Å²) in [6.45, 7) is 2.11. The van der Waals surface area contributed by atoms with Gasteiger partial charge in [-0.2, -0.15) is 10.1 Å². The van der Waals surface area contributed by atoms with Gasteiger partial charge in [0.05, 0.1) is 0 Å². The van der Waals surface area contributed by atoms with Crippen molar-refractivity contribution in [3.05, 3.63) is 5.82 Å². The Morgan fingerprint density at radius 2 is 2.23 bits per heavy atom. The van der Waals surface area contributed by atoms with Crippen molar-refractivity contribution >= 4 is 5.95 Å². The fourth-order valence-electron chi connectivity index (χ4n) is 1.25. The van der Waals surface area contributed by atoms with Gasteiger partial charge in [0.2, 0.25) is 5.95 Å². The summed E-state index contributed by atoms with van der Waals surface area (Å²) >= 11 is 0. The highest BCUT2D eigenvalue weighted by Gasteiger charge is 2.08. The molecule has 74 valence electrons. The monoisotopic (exact) mass is 183 g/mol. The molecule has 0 fully saturated rings. The maximum Gasteiger partial charge on any atom is 0.218 e. The van der Waals surface area contributed by atoms with Crippen molar-refractivity contribution in [1.82, 2.24) is 14.8 Å². The molecule has 13 heavy (non-hydrogen) atoms. The van der Waals surface area contributed by atoms with Crippen LogP contribution in [0, 0.1) is 0 Å². The van der Waals surface area contributed by atoms with E-state index in [0.29, 0.717) is 12.4 Å². The summed E-state index contributed by atoms with van der Waals surface area (Å²) in [5.41, 5.74) is 11.4. The average molecular weight is 183 g/mol. The number of rotatable bonds is 4. The van der Waals surface area contributed by atoms with Crippen LogP contribution in [0.5, 0.6) is 0 Å². The molecule has 1 atom stereocenters. The second kappa shape index (κ2) is 4.23. The molecule has 1 aromatic heterocycles. The van der Waals surface area contributed by atoms with E-state index in [-0.39, 0.29) is 6.04 Å². The SMILES string of the molecule is CCCC(N)Cc1nc(N)n(C)n1. The maximum atomic E-state index is 5.85. The Morgan fingerprint density at radius 1 is 1.54 bits per heavy atom. The minimum atomic E-state index is 0.145. The molecule has 0 bridgehead atoms. The topological polar surface area (TPSA) is 82.7 Å². The normalized spacial score (nSPS) is 13.2. The minimum absolute atomic E-state index is 0.145. The summed E-state index contributed by atoms with van der Waals surface area (Å²) in [7, 11) is 1.77. The van der Waals surface area contributed by atoms with Gasteiger partial charge in [-0.1, -0.05) is 13.3 Å². The summed E-state index contributed by atoms with van der Waals surface area (Å²) < 4.78 is 1.56. The van der Waals surface area contributed by atoms with Crippen molar-refractivity contribution in [2.24, 2.45) is 12.8 Å². The third-order valence-corrected chi connectivity index (χ3v) is 1.94. The van der Waals surface area contributed by atoms with E-state index in [0.717, 1.165) is 18.7 Å². The molecule has 0 radical (unpaired) electrons. The number of nitrogen functional groups attached to an aromatic ring is 1. The third kappa shape index (κ3) is 2.69. The van der Waals surface area contributed by atoms with Crippen molar-refractivity contribution in [3.8, 4) is 0 Å². The first kappa shape index (κ1) is 9.98. The Labute approximate surface area is 78.1 Å². The van der Waals surface area contributed by atoms with Crippen LogP contribution in [-0.2, 0) is 13.5 Å². The van der Waals surface area contributed by atoms with E-state index < -0.39 is 0 Å². The van der Waals surface area contributed by atoms with Crippen molar-refractivity contribution < 1.29 is 0 Å². The number of hydrogen-bond donors (Lipinski definition) is 2. The lowest BCUT2D eigenvalue weighted by molar-refractivity contribution is 0.581. The fraction of sp³-hybridized carbons (Fsp3) is 0.750. The predicted molar refractivity (Wildman–Crippen MR) is 52.0 cm³/mol. The van der Waals surface area contributed by atoms with Gasteiger partial charge in [-0.3, -0.25) is 0 Å². The van der Waals surface area contributed by atoms with Gasteiger partial charge in [-0.25, -0.2) is 4.68 Å². The quantitative estimate of drug-likeness (QED) is 0.691. The Bertz CT molecular complexity index is 248. The standard InChI is InChI=1S/C8H17N5/c1-3-4-6(9)5-7-11-8(10)13(2)12-7/h6H,3-5,9H2,1-2H3,(H2,10,11,12). The van der Waals surface area contributed by atoms with E-state index in [9.17, 15) is 0 Å². The molecule has 0 aliphatic rings.